The average Bonchev–Trinajstić information content (AvgIpc) is 2.41. The molecule has 1 amide bonds. The van der Waals surface area contributed by atoms with E-state index in [-0.39, 0.29) is 5.91 Å². The lowest BCUT2D eigenvalue weighted by molar-refractivity contribution is -2.00. The number of carbonyl (C=O) groups excluding carboxylic acids is 1. The number of hydrogen-bond donors (Lipinski definition) is 1. The van der Waals surface area contributed by atoms with Crippen molar-refractivity contribution in [1.29, 1.82) is 0 Å². The molecule has 2 rings (SSSR count). The lowest BCUT2D eigenvalue weighted by Crippen LogP contribution is -2.68. The van der Waals surface area contributed by atoms with Crippen LogP contribution >= 0.6 is 0 Å². The van der Waals surface area contributed by atoms with Gasteiger partial charge in [-0.1, -0.05) is 0 Å². The van der Waals surface area contributed by atoms with Crippen molar-refractivity contribution in [2.45, 2.75) is 44.2 Å². The van der Waals surface area contributed by atoms with Gasteiger partial charge in [-0.05, 0) is 19.3 Å². The molecule has 2 saturated heterocycles. The molecule has 0 aromatic heterocycles. The van der Waals surface area contributed by atoms with Crippen molar-refractivity contribution >= 4 is 5.91 Å². The van der Waals surface area contributed by atoms with Crippen LogP contribution in [0.5, 0.6) is 0 Å². The first-order valence-corrected chi connectivity index (χ1v) is 7.56. The van der Waals surface area contributed by atoms with Crippen LogP contribution in [0.25, 0.3) is 0 Å². The molecule has 8 heteroatoms. The first kappa shape index (κ1) is 16.6. The molecular formula is C11H21ClN2O5. The second-order valence-corrected chi connectivity index (χ2v) is 6.36. The van der Waals surface area contributed by atoms with E-state index in [0.29, 0.717) is 12.1 Å². The minimum atomic E-state index is -4.94. The monoisotopic (exact) mass is 296 g/mol. The van der Waals surface area contributed by atoms with Crippen LogP contribution in [-0.2, 0) is 4.79 Å². The average molecular weight is 297 g/mol. The lowest BCUT2D eigenvalue weighted by atomic mass is 10.1. The van der Waals surface area contributed by atoms with E-state index >= 15 is 0 Å². The van der Waals surface area contributed by atoms with Gasteiger partial charge in [-0.2, -0.15) is 0 Å². The number of hydrogen-bond acceptors (Lipinski definition) is 5. The van der Waals surface area contributed by atoms with Crippen LogP contribution in [0.15, 0.2) is 0 Å². The summed E-state index contributed by atoms with van der Waals surface area (Å²) in [5.41, 5.74) is 0. The quantitative estimate of drug-likeness (QED) is 0.459. The second-order valence-electron chi connectivity index (χ2n) is 5.61. The highest BCUT2D eigenvalue weighted by Gasteiger charge is 2.41. The maximum absolute atomic E-state index is 11.5. The molecule has 2 fully saturated rings. The van der Waals surface area contributed by atoms with Crippen molar-refractivity contribution in [1.82, 2.24) is 5.32 Å². The minimum absolute atomic E-state index is 0.255. The van der Waals surface area contributed by atoms with Gasteiger partial charge >= 0.3 is 0 Å². The molecule has 2 heterocycles. The topological polar surface area (TPSA) is 121 Å². The number of rotatable bonds is 0. The van der Waals surface area contributed by atoms with E-state index < -0.39 is 10.2 Å². The fourth-order valence-electron chi connectivity index (χ4n) is 2.92. The van der Waals surface area contributed by atoms with E-state index in [1.807, 2.05) is 0 Å². The van der Waals surface area contributed by atoms with Crippen LogP contribution in [0.1, 0.15) is 32.1 Å². The van der Waals surface area contributed by atoms with E-state index in [1.54, 1.807) is 0 Å². The van der Waals surface area contributed by atoms with Gasteiger partial charge in [-0.25, -0.2) is 18.6 Å². The number of likely N-dealkylation sites (N-methyl/N-ethyl adjacent to an activating group) is 1. The van der Waals surface area contributed by atoms with Crippen molar-refractivity contribution in [3.63, 3.8) is 0 Å². The maximum Gasteiger partial charge on any atom is 0.226 e. The van der Waals surface area contributed by atoms with Gasteiger partial charge in [0, 0.05) is 6.42 Å². The van der Waals surface area contributed by atoms with Gasteiger partial charge in [0.15, 0.2) is 0 Å². The summed E-state index contributed by atoms with van der Waals surface area (Å²) in [5.74, 6) is 0.255. The Morgan fingerprint density at radius 2 is 1.58 bits per heavy atom. The third-order valence-electron chi connectivity index (χ3n) is 4.16. The second kappa shape index (κ2) is 6.34. The van der Waals surface area contributed by atoms with Crippen LogP contribution in [0.4, 0.5) is 0 Å². The van der Waals surface area contributed by atoms with Crippen LogP contribution < -0.4 is 24.0 Å². The van der Waals surface area contributed by atoms with Crippen molar-refractivity contribution in [3.8, 4) is 0 Å². The van der Waals surface area contributed by atoms with Gasteiger partial charge in [0.05, 0.1) is 33.1 Å². The van der Waals surface area contributed by atoms with Gasteiger partial charge in [0.2, 0.25) is 5.91 Å². The molecule has 0 aromatic carbocycles. The molecular weight excluding hydrogens is 276 g/mol. The highest BCUT2D eigenvalue weighted by atomic mass is 35.7. The summed E-state index contributed by atoms with van der Waals surface area (Å²) in [7, 11) is -0.359. The van der Waals surface area contributed by atoms with Gasteiger partial charge in [0.1, 0.15) is 6.04 Å². The SMILES string of the molecule is C[N+]1(C)C2CCCCC1CC(=O)NC2.[O-][Cl+3]([O-])([O-])[O-]. The molecule has 0 aromatic rings. The Bertz CT molecular complexity index is 313. The van der Waals surface area contributed by atoms with Crippen LogP contribution in [-0.4, -0.2) is 43.1 Å². The van der Waals surface area contributed by atoms with Crippen molar-refractivity contribution in [2.24, 2.45) is 0 Å². The first-order chi connectivity index (χ1) is 8.60. The van der Waals surface area contributed by atoms with Crippen LogP contribution in [0, 0.1) is 10.2 Å². The molecule has 2 aliphatic heterocycles. The molecule has 1 N–H and O–H groups in total. The zero-order valence-electron chi connectivity index (χ0n) is 11.3. The Morgan fingerprint density at radius 1 is 1.11 bits per heavy atom. The van der Waals surface area contributed by atoms with Crippen molar-refractivity contribution < 1.29 is 38.2 Å². The summed E-state index contributed by atoms with van der Waals surface area (Å²) in [6, 6.07) is 1.18. The largest absolute Gasteiger partial charge is 0.350 e. The Labute approximate surface area is 115 Å². The predicted octanol–water partition coefficient (Wildman–Crippen LogP) is -3.86. The first-order valence-electron chi connectivity index (χ1n) is 6.32. The molecule has 2 unspecified atom stereocenters. The summed E-state index contributed by atoms with van der Waals surface area (Å²) in [4.78, 5) is 11.5. The van der Waals surface area contributed by atoms with E-state index in [4.69, 9.17) is 18.6 Å². The van der Waals surface area contributed by atoms with Crippen molar-refractivity contribution in [3.05, 3.63) is 0 Å². The molecule has 2 aliphatic rings. The molecule has 0 aliphatic carbocycles. The van der Waals surface area contributed by atoms with Crippen LogP contribution in [0.2, 0.25) is 0 Å². The zero-order chi connectivity index (χ0) is 14.7. The molecule has 0 spiro atoms. The maximum atomic E-state index is 11.5. The molecule has 0 radical (unpaired) electrons. The lowest BCUT2D eigenvalue weighted by Gasteiger charge is -2.40. The minimum Gasteiger partial charge on any atom is -0.350 e. The predicted molar refractivity (Wildman–Crippen MR) is 55.8 cm³/mol. The highest BCUT2D eigenvalue weighted by molar-refractivity contribution is 5.76. The van der Waals surface area contributed by atoms with Crippen molar-refractivity contribution in [2.75, 3.05) is 20.6 Å². The Balaban J connectivity index is 0.000000312. The summed E-state index contributed by atoms with van der Waals surface area (Å²) in [6.07, 6.45) is 5.85. The number of quaternary nitrogens is 1. The zero-order valence-corrected chi connectivity index (χ0v) is 12.0. The molecule has 2 bridgehead atoms. The van der Waals surface area contributed by atoms with E-state index in [0.717, 1.165) is 17.4 Å². The number of carbonyl (C=O) groups is 1. The number of fused-ring (bicyclic) bond motifs is 2. The number of nitrogens with zero attached hydrogens (tertiary/aromatic N) is 1. The van der Waals surface area contributed by atoms with Gasteiger partial charge < -0.3 is 9.80 Å². The third kappa shape index (κ3) is 5.60. The van der Waals surface area contributed by atoms with Gasteiger partial charge in [-0.3, -0.25) is 4.79 Å². The summed E-state index contributed by atoms with van der Waals surface area (Å²) < 4.78 is 35.0. The third-order valence-corrected chi connectivity index (χ3v) is 4.16. The summed E-state index contributed by atoms with van der Waals surface area (Å²) in [5, 5.41) is 3.04. The van der Waals surface area contributed by atoms with Gasteiger partial charge in [0.25, 0.3) is 0 Å². The Kier molecular flexibility index (Phi) is 5.54. The van der Waals surface area contributed by atoms with Gasteiger partial charge in [-0.15, -0.1) is 10.2 Å². The molecule has 2 atom stereocenters. The van der Waals surface area contributed by atoms with E-state index in [1.165, 1.54) is 25.7 Å². The van der Waals surface area contributed by atoms with E-state index in [9.17, 15) is 4.79 Å². The molecule has 0 saturated carbocycles. The number of halogens is 1. The smallest absolute Gasteiger partial charge is 0.226 e. The van der Waals surface area contributed by atoms with Crippen LogP contribution in [0.3, 0.4) is 0 Å². The fourth-order valence-corrected chi connectivity index (χ4v) is 2.92. The molecule has 7 nitrogen and oxygen atoms in total. The number of nitrogens with one attached hydrogen (secondary N) is 1. The van der Waals surface area contributed by atoms with E-state index in [2.05, 4.69) is 19.4 Å². The highest BCUT2D eigenvalue weighted by Crippen LogP contribution is 2.29. The number of amides is 1. The standard InChI is InChI=1S/C11H20N2O.ClHO4/c1-13(2)9-5-3-4-6-10(13)8-12-11(14)7-9;2-1(3,4)5/h9-10H,3-8H2,1-2H3;(H,2,3,4,5). The Hall–Kier alpha value is -0.440. The fraction of sp³-hybridized carbons (Fsp3) is 0.909. The molecule has 19 heavy (non-hydrogen) atoms. The normalized spacial score (nSPS) is 30.3. The molecule has 112 valence electrons. The summed E-state index contributed by atoms with van der Waals surface area (Å²) in [6.45, 7) is 0.877. The Morgan fingerprint density at radius 3 is 2.11 bits per heavy atom. The summed E-state index contributed by atoms with van der Waals surface area (Å²) >= 11 is 0.